The summed E-state index contributed by atoms with van der Waals surface area (Å²) in [5, 5.41) is 30.9. The summed E-state index contributed by atoms with van der Waals surface area (Å²) in [6, 6.07) is 38.4. The van der Waals surface area contributed by atoms with Gasteiger partial charge in [-0.2, -0.15) is 0 Å². The highest BCUT2D eigenvalue weighted by Crippen LogP contribution is 2.37. The Labute approximate surface area is 427 Å². The van der Waals surface area contributed by atoms with E-state index in [4.69, 9.17) is 56.2 Å². The maximum Gasteiger partial charge on any atom is 0.338 e. The summed E-state index contributed by atoms with van der Waals surface area (Å²) >= 11 is 28.7. The number of carboxylic acid groups (broad SMARTS) is 2. The molecule has 9 aromatic rings. The van der Waals surface area contributed by atoms with Crippen LogP contribution in [0, 0.1) is 0 Å². The van der Waals surface area contributed by atoms with Crippen molar-refractivity contribution in [1.29, 1.82) is 0 Å². The topological polar surface area (TPSA) is 156 Å². The molecule has 10 nitrogen and oxygen atoms in total. The number of thiophene rings is 1. The molecule has 0 saturated heterocycles. The molecule has 69 heavy (non-hydrogen) atoms. The number of thiazole rings is 2. The average Bonchev–Trinajstić information content (AvgIpc) is 4.19. The number of halogens is 4. The van der Waals surface area contributed by atoms with Gasteiger partial charge >= 0.3 is 17.9 Å². The summed E-state index contributed by atoms with van der Waals surface area (Å²) in [6.07, 6.45) is 0. The van der Waals surface area contributed by atoms with Gasteiger partial charge in [-0.15, -0.1) is 34.0 Å². The van der Waals surface area contributed by atoms with Crippen LogP contribution in [0.3, 0.4) is 0 Å². The Balaban J connectivity index is 0.000000188. The minimum atomic E-state index is -1.05. The highest BCUT2D eigenvalue weighted by atomic mass is 35.5. The molecule has 0 bridgehead atoms. The van der Waals surface area contributed by atoms with Crippen molar-refractivity contribution in [2.45, 2.75) is 6.54 Å². The maximum atomic E-state index is 12.5. The minimum absolute atomic E-state index is 0.152. The number of aromatic nitrogens is 2. The summed E-state index contributed by atoms with van der Waals surface area (Å²) in [5.74, 6) is -2.74. The first-order chi connectivity index (χ1) is 33.3. The van der Waals surface area contributed by atoms with E-state index in [9.17, 15) is 24.3 Å². The first-order valence-electron chi connectivity index (χ1n) is 20.4. The lowest BCUT2D eigenvalue weighted by atomic mass is 9.96. The van der Waals surface area contributed by atoms with Crippen LogP contribution in [-0.2, 0) is 11.3 Å². The van der Waals surface area contributed by atoms with Crippen LogP contribution in [-0.4, -0.2) is 51.1 Å². The zero-order chi connectivity index (χ0) is 48.8. The van der Waals surface area contributed by atoms with Gasteiger partial charge in [0.2, 0.25) is 0 Å². The van der Waals surface area contributed by atoms with Crippen molar-refractivity contribution in [3.05, 3.63) is 197 Å². The number of rotatable bonds is 12. The third-order valence-corrected chi connectivity index (χ3v) is 14.6. The Morgan fingerprint density at radius 1 is 0.536 bits per heavy atom. The molecule has 0 aliphatic rings. The molecular formula is C52H33Cl4N3O7S3. The first-order valence-corrected chi connectivity index (χ1v) is 24.6. The SMILES string of the molecule is COC(=O)c1cc(-c2nc(-c3ccc(Cl)c(Cl)c3)cs2)ccc1-c1ccc(C(=O)O)cc1.O=C(NCc1cccs1)c1ccc(-c2ccc(-c3nc(-c4ccc(Cl)c(Cl)c4)cs3)cc2C(=O)O)cc1. The minimum Gasteiger partial charge on any atom is -0.478 e. The summed E-state index contributed by atoms with van der Waals surface area (Å²) < 4.78 is 4.97. The van der Waals surface area contributed by atoms with E-state index >= 15 is 0 Å². The van der Waals surface area contributed by atoms with Gasteiger partial charge in [0.25, 0.3) is 5.91 Å². The lowest BCUT2D eigenvalue weighted by Gasteiger charge is -2.10. The standard InChI is InChI=1S/C28H18Cl2N2O3S2.C24H15Cl2NO4S/c29-23-10-8-18(13-24(23)30)25-15-37-27(32-25)19-7-9-21(22(12-19)28(34)35)16-3-5-17(6-4-16)26(33)31-14-20-2-1-11-36-20;1-31-24(30)18-10-16(6-8-17(18)13-2-4-14(5-3-13)23(28)29)22-27-21(12-32-22)15-7-9-19(25)20(26)11-15/h1-13,15H,14H2,(H,31,33)(H,34,35);2-12H,1H3,(H,28,29). The number of amides is 1. The lowest BCUT2D eigenvalue weighted by molar-refractivity contribution is 0.0599. The molecule has 344 valence electrons. The molecule has 0 spiro atoms. The lowest BCUT2D eigenvalue weighted by Crippen LogP contribution is -2.22. The van der Waals surface area contributed by atoms with Gasteiger partial charge in [0.15, 0.2) is 0 Å². The molecule has 9 rings (SSSR count). The molecule has 3 heterocycles. The number of methoxy groups -OCH3 is 1. The molecule has 0 fully saturated rings. The van der Waals surface area contributed by atoms with E-state index in [0.29, 0.717) is 70.6 Å². The van der Waals surface area contributed by atoms with Crippen molar-refractivity contribution in [3.63, 3.8) is 0 Å². The van der Waals surface area contributed by atoms with Gasteiger partial charge in [0, 0.05) is 43.5 Å². The van der Waals surface area contributed by atoms with Crippen molar-refractivity contribution < 1.29 is 34.1 Å². The smallest absolute Gasteiger partial charge is 0.338 e. The van der Waals surface area contributed by atoms with Crippen LogP contribution in [0.1, 0.15) is 46.3 Å². The van der Waals surface area contributed by atoms with E-state index in [1.807, 2.05) is 52.5 Å². The zero-order valence-corrected chi connectivity index (χ0v) is 41.2. The van der Waals surface area contributed by atoms with E-state index < -0.39 is 17.9 Å². The number of hydrogen-bond donors (Lipinski definition) is 3. The van der Waals surface area contributed by atoms with Crippen LogP contribution in [0.15, 0.2) is 150 Å². The second-order valence-electron chi connectivity index (χ2n) is 14.9. The van der Waals surface area contributed by atoms with Gasteiger partial charge in [0.05, 0.1) is 61.8 Å². The fourth-order valence-electron chi connectivity index (χ4n) is 6.98. The van der Waals surface area contributed by atoms with Gasteiger partial charge in [-0.25, -0.2) is 24.4 Å². The number of aromatic carboxylic acids is 2. The predicted octanol–water partition coefficient (Wildman–Crippen LogP) is 15.1. The number of benzene rings is 6. The number of hydrogen-bond acceptors (Lipinski definition) is 10. The number of nitrogens with zero attached hydrogens (tertiary/aromatic N) is 2. The van der Waals surface area contributed by atoms with Gasteiger partial charge in [-0.1, -0.05) is 113 Å². The van der Waals surface area contributed by atoms with Crippen molar-refractivity contribution >= 4 is 104 Å². The van der Waals surface area contributed by atoms with Gasteiger partial charge in [-0.3, -0.25) is 4.79 Å². The summed E-state index contributed by atoms with van der Waals surface area (Å²) in [4.78, 5) is 58.7. The van der Waals surface area contributed by atoms with Gasteiger partial charge in [0.1, 0.15) is 10.0 Å². The summed E-state index contributed by atoms with van der Waals surface area (Å²) in [6.45, 7) is 0.465. The first kappa shape index (κ1) is 48.8. The number of esters is 1. The van der Waals surface area contributed by atoms with Crippen molar-refractivity contribution in [3.8, 4) is 65.9 Å². The van der Waals surface area contributed by atoms with Crippen LogP contribution >= 0.6 is 80.4 Å². The largest absolute Gasteiger partial charge is 0.478 e. The van der Waals surface area contributed by atoms with Crippen LogP contribution in [0.2, 0.25) is 20.1 Å². The molecule has 0 radical (unpaired) electrons. The van der Waals surface area contributed by atoms with E-state index in [2.05, 4.69) is 15.3 Å². The van der Waals surface area contributed by atoms with Crippen molar-refractivity contribution in [2.24, 2.45) is 0 Å². The Morgan fingerprint density at radius 3 is 1.48 bits per heavy atom. The molecule has 1 amide bonds. The number of carbonyl (C=O) groups is 4. The Hall–Kier alpha value is -6.68. The normalized spacial score (nSPS) is 10.8. The Kier molecular flexibility index (Phi) is 15.4. The molecule has 17 heteroatoms. The third kappa shape index (κ3) is 11.4. The van der Waals surface area contributed by atoms with Crippen molar-refractivity contribution in [2.75, 3.05) is 7.11 Å². The van der Waals surface area contributed by atoms with Crippen molar-refractivity contribution in [1.82, 2.24) is 15.3 Å². The number of nitrogens with one attached hydrogen (secondary N) is 1. The molecule has 0 unspecified atom stereocenters. The zero-order valence-electron chi connectivity index (χ0n) is 35.7. The Bertz CT molecular complexity index is 3380. The third-order valence-electron chi connectivity index (χ3n) is 10.5. The van der Waals surface area contributed by atoms with Crippen LogP contribution in [0.5, 0.6) is 0 Å². The molecule has 6 aromatic carbocycles. The van der Waals surface area contributed by atoms with Gasteiger partial charge in [-0.05, 0) is 94.4 Å². The molecule has 0 aliphatic carbocycles. The fraction of sp³-hybridized carbons (Fsp3) is 0.0385. The van der Waals surface area contributed by atoms with Gasteiger partial charge < -0.3 is 20.3 Å². The maximum absolute atomic E-state index is 12.5. The quantitative estimate of drug-likeness (QED) is 0.101. The second-order valence-corrected chi connectivity index (χ2v) is 19.3. The fourth-order valence-corrected chi connectivity index (χ4v) is 9.87. The van der Waals surface area contributed by atoms with E-state index in [-0.39, 0.29) is 17.0 Å². The van der Waals surface area contributed by atoms with Crippen LogP contribution in [0.25, 0.3) is 65.9 Å². The molecule has 3 aromatic heterocycles. The molecular weight excluding hydrogens is 1020 g/mol. The molecule has 0 saturated carbocycles. The predicted molar refractivity (Wildman–Crippen MR) is 278 cm³/mol. The number of carbonyl (C=O) groups excluding carboxylic acids is 2. The average molecular weight is 1050 g/mol. The number of carboxylic acids is 2. The van der Waals surface area contributed by atoms with E-state index in [1.54, 1.807) is 96.3 Å². The summed E-state index contributed by atoms with van der Waals surface area (Å²) in [7, 11) is 1.32. The highest BCUT2D eigenvalue weighted by molar-refractivity contribution is 7.13. The second kappa shape index (κ2) is 21.7. The Morgan fingerprint density at radius 2 is 1.01 bits per heavy atom. The number of ether oxygens (including phenoxy) is 1. The summed E-state index contributed by atoms with van der Waals surface area (Å²) in [5.41, 5.74) is 8.39. The molecule has 0 aliphatic heterocycles. The highest BCUT2D eigenvalue weighted by Gasteiger charge is 2.19. The van der Waals surface area contributed by atoms with E-state index in [1.165, 1.54) is 41.9 Å². The van der Waals surface area contributed by atoms with Crippen LogP contribution in [0.4, 0.5) is 0 Å². The molecule has 0 atom stereocenters. The monoisotopic (exact) mass is 1050 g/mol. The molecule has 3 N–H and O–H groups in total. The van der Waals surface area contributed by atoms with E-state index in [0.717, 1.165) is 38.0 Å². The van der Waals surface area contributed by atoms with Crippen LogP contribution < -0.4 is 5.32 Å².